The third-order valence-electron chi connectivity index (χ3n) is 8.07. The summed E-state index contributed by atoms with van der Waals surface area (Å²) in [6.07, 6.45) is -1.87. The molecule has 298 valence electrons. The predicted octanol–water partition coefficient (Wildman–Crippen LogP) is 7.40. The van der Waals surface area contributed by atoms with Crippen LogP contribution in [0, 0.1) is 11.7 Å². The van der Waals surface area contributed by atoms with E-state index >= 15 is 0 Å². The minimum atomic E-state index is -5.08. The molecule has 21 heteroatoms. The van der Waals surface area contributed by atoms with E-state index in [-0.39, 0.29) is 23.5 Å². The lowest BCUT2D eigenvalue weighted by Crippen LogP contribution is -2.39. The maximum atomic E-state index is 13.2. The number of pyridine rings is 1. The number of carbonyl (C=O) groups excluding carboxylic acids is 2. The minimum Gasteiger partial charge on any atom is -0.475 e. The summed E-state index contributed by atoms with van der Waals surface area (Å²) in [6.45, 7) is 1.13. The number of alkyl halides is 6. The van der Waals surface area contributed by atoms with Gasteiger partial charge in [0.15, 0.2) is 5.82 Å². The van der Waals surface area contributed by atoms with Crippen molar-refractivity contribution in [2.75, 3.05) is 29.0 Å². The van der Waals surface area contributed by atoms with E-state index in [2.05, 4.69) is 30.9 Å². The number of aromatic nitrogens is 3. The molecule has 6 bridgehead atoms. The van der Waals surface area contributed by atoms with Crippen molar-refractivity contribution in [1.29, 1.82) is 0 Å². The summed E-state index contributed by atoms with van der Waals surface area (Å²) < 4.78 is 76.7. The molecule has 1 saturated heterocycles. The van der Waals surface area contributed by atoms with Crippen molar-refractivity contribution < 1.29 is 60.1 Å². The van der Waals surface area contributed by atoms with Crippen molar-refractivity contribution in [2.24, 2.45) is 5.92 Å². The third kappa shape index (κ3) is 12.8. The number of hydrogen-bond acceptors (Lipinski definition) is 9. The first-order valence-corrected chi connectivity index (χ1v) is 16.7. The van der Waals surface area contributed by atoms with Gasteiger partial charge in [-0.05, 0) is 91.3 Å². The van der Waals surface area contributed by atoms with Gasteiger partial charge < -0.3 is 31.1 Å². The third-order valence-corrected chi connectivity index (χ3v) is 8.35. The number of carboxylic acid groups (broad SMARTS) is 2. The second-order valence-corrected chi connectivity index (χ2v) is 12.6. The highest BCUT2D eigenvalue weighted by molar-refractivity contribution is 6.32. The number of likely N-dealkylation sites (tertiary alicyclic amines) is 1. The molecule has 2 aromatic carbocycles. The molecule has 6 rings (SSSR count). The number of piperidine rings is 1. The molecule has 0 radical (unpaired) electrons. The first kappa shape index (κ1) is 42.7. The van der Waals surface area contributed by atoms with Crippen LogP contribution < -0.4 is 16.0 Å². The fourth-order valence-corrected chi connectivity index (χ4v) is 5.47. The maximum Gasteiger partial charge on any atom is 0.490 e. The van der Waals surface area contributed by atoms with Crippen LogP contribution in [0.25, 0.3) is 0 Å². The Bertz CT molecular complexity index is 2020. The fraction of sp³-hybridized carbons (Fsp3) is 0.286. The van der Waals surface area contributed by atoms with Crippen molar-refractivity contribution in [2.45, 2.75) is 44.5 Å². The Kier molecular flexibility index (Phi) is 14.1. The summed E-state index contributed by atoms with van der Waals surface area (Å²) in [5, 5.41) is 24.2. The monoisotopic (exact) mass is 813 g/mol. The Morgan fingerprint density at radius 3 is 2.07 bits per heavy atom. The van der Waals surface area contributed by atoms with Gasteiger partial charge in [-0.15, -0.1) is 0 Å². The normalized spacial score (nSPS) is 14.0. The van der Waals surface area contributed by atoms with Gasteiger partial charge >= 0.3 is 24.3 Å². The highest BCUT2D eigenvalue weighted by Gasteiger charge is 2.39. The first-order valence-electron chi connectivity index (χ1n) is 16.4. The molecule has 1 fully saturated rings. The number of amides is 2. The van der Waals surface area contributed by atoms with Crippen molar-refractivity contribution in [3.05, 3.63) is 94.7 Å². The molecular formula is C35H31ClF7N7O6. The van der Waals surface area contributed by atoms with Crippen LogP contribution in [0.5, 0.6) is 0 Å². The van der Waals surface area contributed by atoms with Gasteiger partial charge in [-0.1, -0.05) is 11.6 Å². The lowest BCUT2D eigenvalue weighted by Gasteiger charge is -2.32. The smallest absolute Gasteiger partial charge is 0.475 e. The second kappa shape index (κ2) is 18.5. The molecule has 0 saturated carbocycles. The van der Waals surface area contributed by atoms with Gasteiger partial charge in [0, 0.05) is 42.6 Å². The highest BCUT2D eigenvalue weighted by atomic mass is 35.5. The van der Waals surface area contributed by atoms with E-state index in [0.717, 1.165) is 41.0 Å². The molecule has 4 heterocycles. The van der Waals surface area contributed by atoms with E-state index in [0.29, 0.717) is 54.7 Å². The largest absolute Gasteiger partial charge is 0.490 e. The van der Waals surface area contributed by atoms with Crippen LogP contribution in [0.3, 0.4) is 0 Å². The van der Waals surface area contributed by atoms with Crippen molar-refractivity contribution in [1.82, 2.24) is 19.9 Å². The van der Waals surface area contributed by atoms with Crippen molar-refractivity contribution in [3.63, 3.8) is 0 Å². The summed E-state index contributed by atoms with van der Waals surface area (Å²) in [5.74, 6) is -5.02. The zero-order chi connectivity index (χ0) is 41.2. The first-order chi connectivity index (χ1) is 26.3. The fourth-order valence-electron chi connectivity index (χ4n) is 5.33. The summed E-state index contributed by atoms with van der Waals surface area (Å²) in [5.41, 5.74) is 4.78. The van der Waals surface area contributed by atoms with Crippen LogP contribution >= 0.6 is 11.6 Å². The number of aliphatic carboxylic acids is 2. The van der Waals surface area contributed by atoms with Crippen LogP contribution in [0.4, 0.5) is 59.6 Å². The average Bonchev–Trinajstić information content (AvgIpc) is 3.13. The van der Waals surface area contributed by atoms with E-state index in [1.165, 1.54) is 30.5 Å². The summed E-state index contributed by atoms with van der Waals surface area (Å²) in [6, 6.07) is 13.4. The number of nitrogens with zero attached hydrogens (tertiary/aromatic N) is 4. The molecule has 56 heavy (non-hydrogen) atoms. The molecule has 0 unspecified atom stereocenters. The van der Waals surface area contributed by atoms with E-state index in [1.807, 2.05) is 30.5 Å². The Balaban J connectivity index is 0.000000425. The van der Waals surface area contributed by atoms with Crippen LogP contribution in [-0.4, -0.2) is 79.3 Å². The second-order valence-electron chi connectivity index (χ2n) is 12.2. The molecule has 13 nitrogen and oxygen atoms in total. The Hall–Kier alpha value is -6.05. The number of carbonyl (C=O) groups is 4. The topological polar surface area (TPSA) is 187 Å². The van der Waals surface area contributed by atoms with Crippen LogP contribution in [0.2, 0.25) is 5.02 Å². The van der Waals surface area contributed by atoms with Gasteiger partial charge in [-0.2, -0.15) is 31.3 Å². The number of hydrogen-bond donors (Lipinski definition) is 5. The quantitative estimate of drug-likeness (QED) is 0.129. The number of aryl methyl sites for hydroxylation is 2. The maximum absolute atomic E-state index is 13.2. The molecule has 2 amide bonds. The molecule has 2 aromatic heterocycles. The number of benzene rings is 2. The lowest BCUT2D eigenvalue weighted by molar-refractivity contribution is -0.193. The zero-order valence-corrected chi connectivity index (χ0v) is 29.5. The van der Waals surface area contributed by atoms with Gasteiger partial charge in [-0.25, -0.2) is 19.0 Å². The zero-order valence-electron chi connectivity index (χ0n) is 28.7. The van der Waals surface area contributed by atoms with E-state index in [9.17, 15) is 40.3 Å². The van der Waals surface area contributed by atoms with Crippen LogP contribution in [-0.2, 0) is 27.2 Å². The summed E-state index contributed by atoms with van der Waals surface area (Å²) >= 11 is 6.37. The highest BCUT2D eigenvalue weighted by Crippen LogP contribution is 2.30. The average molecular weight is 814 g/mol. The molecule has 0 atom stereocenters. The Morgan fingerprint density at radius 2 is 1.46 bits per heavy atom. The Morgan fingerprint density at radius 1 is 0.839 bits per heavy atom. The van der Waals surface area contributed by atoms with Crippen LogP contribution in [0.15, 0.2) is 67.1 Å². The predicted molar refractivity (Wildman–Crippen MR) is 187 cm³/mol. The summed E-state index contributed by atoms with van der Waals surface area (Å²) in [4.78, 5) is 58.6. The number of rotatable bonds is 4. The van der Waals surface area contributed by atoms with E-state index < -0.39 is 24.3 Å². The van der Waals surface area contributed by atoms with Crippen molar-refractivity contribution >= 4 is 64.2 Å². The summed E-state index contributed by atoms with van der Waals surface area (Å²) in [7, 11) is 0. The van der Waals surface area contributed by atoms with Gasteiger partial charge in [0.05, 0.1) is 18.1 Å². The lowest BCUT2D eigenvalue weighted by atomic mass is 9.92. The SMILES string of the molecule is O=C(CC1CCN(C(=O)c2ccc(F)cc2)CC1)Nc1ccc2cc1CCc1cncc(c1)Nc1ncc(Cl)c(n1)N2.O=C(O)C(F)(F)F.O=C(O)C(F)(F)F. The van der Waals surface area contributed by atoms with Gasteiger partial charge in [0.1, 0.15) is 10.8 Å². The standard InChI is InChI=1S/C31H29ClFN7O2.2C2HF3O2/c32-26-18-35-31-37-25-13-20(16-34-17-25)1-2-22-15-24(36-29(26)39-31)7-8-27(22)38-28(41)14-19-9-11-40(12-10-19)30(42)21-3-5-23(33)6-4-21;2*3-2(4,5)1(6)7/h3-8,13,15-19H,1-2,9-12,14H2,(H,38,41)(H2,35,36,37,39);2*(H,6,7). The molecule has 5 N–H and O–H groups in total. The molecular weight excluding hydrogens is 783 g/mol. The number of anilines is 5. The van der Waals surface area contributed by atoms with Gasteiger partial charge in [0.2, 0.25) is 11.9 Å². The molecule has 2 aliphatic rings. The molecule has 2 aliphatic heterocycles. The van der Waals surface area contributed by atoms with E-state index in [1.54, 1.807) is 11.1 Å². The minimum absolute atomic E-state index is 0.0606. The number of nitrogens with one attached hydrogen (secondary N) is 3. The molecule has 4 aromatic rings. The van der Waals surface area contributed by atoms with E-state index in [4.69, 9.17) is 31.4 Å². The number of halogens is 8. The van der Waals surface area contributed by atoms with Crippen LogP contribution in [0.1, 0.15) is 40.7 Å². The van der Waals surface area contributed by atoms with Crippen molar-refractivity contribution in [3.8, 4) is 0 Å². The van der Waals surface area contributed by atoms with Gasteiger partial charge in [0.25, 0.3) is 5.91 Å². The number of fused-ring (bicyclic) bond motifs is 6. The molecule has 0 aliphatic carbocycles. The van der Waals surface area contributed by atoms with Gasteiger partial charge in [-0.3, -0.25) is 14.6 Å². The number of carboxylic acids is 2. The Labute approximate surface area is 317 Å². The molecule has 0 spiro atoms.